The molecule has 0 aromatic carbocycles. The lowest BCUT2D eigenvalue weighted by molar-refractivity contribution is -0.133. The van der Waals surface area contributed by atoms with E-state index in [0.29, 0.717) is 12.1 Å². The minimum Gasteiger partial charge on any atom is -0.342 e. The Hall–Kier alpha value is -1.85. The molecule has 1 aliphatic heterocycles. The van der Waals surface area contributed by atoms with Crippen molar-refractivity contribution in [3.8, 4) is 0 Å². The molecule has 20 heavy (non-hydrogen) atoms. The normalized spacial score (nSPS) is 23.4. The number of hydrogen-bond acceptors (Lipinski definition) is 3. The molecule has 0 saturated carbocycles. The van der Waals surface area contributed by atoms with Crippen LogP contribution in [0, 0.1) is 0 Å². The van der Waals surface area contributed by atoms with Crippen LogP contribution >= 0.6 is 0 Å². The van der Waals surface area contributed by atoms with Crippen molar-refractivity contribution < 1.29 is 9.59 Å². The Morgan fingerprint density at radius 1 is 1.40 bits per heavy atom. The maximum Gasteiger partial charge on any atom is 0.250 e. The molecule has 0 radical (unpaired) electrons. The van der Waals surface area contributed by atoms with E-state index in [1.54, 1.807) is 22.7 Å². The molecular formula is C14H22N4O2. The fraction of sp³-hybridized carbons (Fsp3) is 0.643. The van der Waals surface area contributed by atoms with E-state index in [9.17, 15) is 9.59 Å². The van der Waals surface area contributed by atoms with Gasteiger partial charge in [0.25, 0.3) is 0 Å². The average molecular weight is 278 g/mol. The Balaban J connectivity index is 2.30. The predicted molar refractivity (Wildman–Crippen MR) is 76.4 cm³/mol. The standard InChI is InChI=1S/C14H22N4O2/c1-5-6-12-14(20)18(10(4)13(19)16-12)11-7-15-17(8-11)9(2)3/h7-10,12H,5-6H2,1-4H3,(H,16,19). The maximum atomic E-state index is 12.5. The van der Waals surface area contributed by atoms with Gasteiger partial charge in [0.2, 0.25) is 11.8 Å². The van der Waals surface area contributed by atoms with E-state index < -0.39 is 12.1 Å². The second kappa shape index (κ2) is 5.64. The molecule has 1 aliphatic rings. The van der Waals surface area contributed by atoms with Crippen molar-refractivity contribution in [2.45, 2.75) is 58.7 Å². The third kappa shape index (κ3) is 2.55. The van der Waals surface area contributed by atoms with Crippen molar-refractivity contribution in [2.75, 3.05) is 4.90 Å². The van der Waals surface area contributed by atoms with Gasteiger partial charge >= 0.3 is 0 Å². The van der Waals surface area contributed by atoms with Crippen molar-refractivity contribution in [1.82, 2.24) is 15.1 Å². The zero-order valence-electron chi connectivity index (χ0n) is 12.5. The van der Waals surface area contributed by atoms with Gasteiger partial charge in [0.1, 0.15) is 12.1 Å². The summed E-state index contributed by atoms with van der Waals surface area (Å²) in [5, 5.41) is 7.04. The first kappa shape index (κ1) is 14.6. The smallest absolute Gasteiger partial charge is 0.250 e. The van der Waals surface area contributed by atoms with Crippen LogP contribution in [-0.2, 0) is 9.59 Å². The van der Waals surface area contributed by atoms with E-state index in [-0.39, 0.29) is 17.9 Å². The molecule has 2 heterocycles. The minimum absolute atomic E-state index is 0.0535. The summed E-state index contributed by atoms with van der Waals surface area (Å²) >= 11 is 0. The van der Waals surface area contributed by atoms with Gasteiger partial charge in [0, 0.05) is 12.2 Å². The molecule has 0 aliphatic carbocycles. The highest BCUT2D eigenvalue weighted by molar-refractivity contribution is 6.08. The molecule has 0 spiro atoms. The number of nitrogens with zero attached hydrogens (tertiary/aromatic N) is 3. The topological polar surface area (TPSA) is 67.2 Å². The molecule has 6 nitrogen and oxygen atoms in total. The molecule has 2 rings (SSSR count). The van der Waals surface area contributed by atoms with Crippen LogP contribution in [0.2, 0.25) is 0 Å². The molecular weight excluding hydrogens is 256 g/mol. The van der Waals surface area contributed by atoms with Gasteiger partial charge in [-0.3, -0.25) is 19.2 Å². The van der Waals surface area contributed by atoms with E-state index in [4.69, 9.17) is 0 Å². The summed E-state index contributed by atoms with van der Waals surface area (Å²) in [6.45, 7) is 7.77. The molecule has 1 aromatic rings. The van der Waals surface area contributed by atoms with Gasteiger partial charge in [-0.2, -0.15) is 5.10 Å². The van der Waals surface area contributed by atoms with Crippen LogP contribution in [-0.4, -0.2) is 33.7 Å². The van der Waals surface area contributed by atoms with E-state index in [1.165, 1.54) is 0 Å². The van der Waals surface area contributed by atoms with Crippen LogP contribution in [0.4, 0.5) is 5.69 Å². The first-order valence-corrected chi connectivity index (χ1v) is 7.13. The summed E-state index contributed by atoms with van der Waals surface area (Å²) in [7, 11) is 0. The average Bonchev–Trinajstić information content (AvgIpc) is 2.86. The molecule has 0 bridgehead atoms. The molecule has 1 saturated heterocycles. The summed E-state index contributed by atoms with van der Waals surface area (Å²) in [6.07, 6.45) is 4.98. The van der Waals surface area contributed by atoms with Crippen molar-refractivity contribution in [2.24, 2.45) is 0 Å². The Bertz CT molecular complexity index is 509. The highest BCUT2D eigenvalue weighted by atomic mass is 16.2. The van der Waals surface area contributed by atoms with Gasteiger partial charge < -0.3 is 5.32 Å². The number of anilines is 1. The Labute approximate surface area is 119 Å². The van der Waals surface area contributed by atoms with Crippen LogP contribution < -0.4 is 10.2 Å². The molecule has 6 heteroatoms. The molecule has 110 valence electrons. The van der Waals surface area contributed by atoms with Crippen molar-refractivity contribution in [3.05, 3.63) is 12.4 Å². The number of carbonyl (C=O) groups excluding carboxylic acids is 2. The number of piperazine rings is 1. The lowest BCUT2D eigenvalue weighted by Gasteiger charge is -2.36. The lowest BCUT2D eigenvalue weighted by Crippen LogP contribution is -2.62. The van der Waals surface area contributed by atoms with E-state index in [0.717, 1.165) is 6.42 Å². The highest BCUT2D eigenvalue weighted by Gasteiger charge is 2.38. The predicted octanol–water partition coefficient (Wildman–Crippen LogP) is 1.48. The van der Waals surface area contributed by atoms with Gasteiger partial charge in [0.15, 0.2) is 0 Å². The third-order valence-electron chi connectivity index (χ3n) is 3.59. The van der Waals surface area contributed by atoms with Gasteiger partial charge in [-0.25, -0.2) is 0 Å². The quantitative estimate of drug-likeness (QED) is 0.907. The van der Waals surface area contributed by atoms with Gasteiger partial charge in [-0.15, -0.1) is 0 Å². The molecule has 1 aromatic heterocycles. The SMILES string of the molecule is CCCC1NC(=O)C(C)N(c2cnn(C(C)C)c2)C1=O. The van der Waals surface area contributed by atoms with Gasteiger partial charge in [-0.05, 0) is 27.2 Å². The number of aromatic nitrogens is 2. The Morgan fingerprint density at radius 2 is 2.10 bits per heavy atom. The third-order valence-corrected chi connectivity index (χ3v) is 3.59. The number of nitrogens with one attached hydrogen (secondary N) is 1. The Kier molecular flexibility index (Phi) is 4.11. The zero-order chi connectivity index (χ0) is 14.9. The van der Waals surface area contributed by atoms with Crippen LogP contribution in [0.25, 0.3) is 0 Å². The highest BCUT2D eigenvalue weighted by Crippen LogP contribution is 2.23. The maximum absolute atomic E-state index is 12.5. The molecule has 1 fully saturated rings. The first-order valence-electron chi connectivity index (χ1n) is 7.13. The van der Waals surface area contributed by atoms with Gasteiger partial charge in [0.05, 0.1) is 11.9 Å². The molecule has 2 amide bonds. The van der Waals surface area contributed by atoms with Crippen molar-refractivity contribution >= 4 is 17.5 Å². The lowest BCUT2D eigenvalue weighted by atomic mass is 10.0. The fourth-order valence-electron chi connectivity index (χ4n) is 2.40. The summed E-state index contributed by atoms with van der Waals surface area (Å²) in [5.74, 6) is -0.164. The number of amides is 2. The zero-order valence-corrected chi connectivity index (χ0v) is 12.5. The first-order chi connectivity index (χ1) is 9.45. The largest absolute Gasteiger partial charge is 0.342 e. The van der Waals surface area contributed by atoms with Crippen molar-refractivity contribution in [1.29, 1.82) is 0 Å². The number of carbonyl (C=O) groups is 2. The number of hydrogen-bond donors (Lipinski definition) is 1. The summed E-state index contributed by atoms with van der Waals surface area (Å²) in [5.41, 5.74) is 0.687. The Morgan fingerprint density at radius 3 is 2.65 bits per heavy atom. The number of rotatable bonds is 4. The fourth-order valence-corrected chi connectivity index (χ4v) is 2.40. The van der Waals surface area contributed by atoms with E-state index >= 15 is 0 Å². The minimum atomic E-state index is -0.500. The molecule has 2 atom stereocenters. The second-order valence-electron chi connectivity index (χ2n) is 5.51. The molecule has 1 N–H and O–H groups in total. The van der Waals surface area contributed by atoms with Crippen molar-refractivity contribution in [3.63, 3.8) is 0 Å². The van der Waals surface area contributed by atoms with E-state index in [1.807, 2.05) is 27.0 Å². The van der Waals surface area contributed by atoms with E-state index in [2.05, 4.69) is 10.4 Å². The van der Waals surface area contributed by atoms with Gasteiger partial charge in [-0.1, -0.05) is 13.3 Å². The summed E-state index contributed by atoms with van der Waals surface area (Å²) in [6, 6.07) is -0.703. The van der Waals surface area contributed by atoms with Crippen LogP contribution in [0.1, 0.15) is 46.6 Å². The summed E-state index contributed by atoms with van der Waals surface area (Å²) in [4.78, 5) is 26.1. The van der Waals surface area contributed by atoms with Crippen LogP contribution in [0.5, 0.6) is 0 Å². The second-order valence-corrected chi connectivity index (χ2v) is 5.51. The summed E-state index contributed by atoms with van der Waals surface area (Å²) < 4.78 is 1.79. The molecule has 2 unspecified atom stereocenters. The monoisotopic (exact) mass is 278 g/mol. The van der Waals surface area contributed by atoms with Crippen LogP contribution in [0.15, 0.2) is 12.4 Å². The van der Waals surface area contributed by atoms with Crippen LogP contribution in [0.3, 0.4) is 0 Å².